The molecule has 0 atom stereocenters. The van der Waals surface area contributed by atoms with Crippen LogP contribution in [-0.2, 0) is 4.79 Å². The fourth-order valence-electron chi connectivity index (χ4n) is 3.51. The number of benzene rings is 2. The minimum absolute atomic E-state index is 0.218. The van der Waals surface area contributed by atoms with Crippen LogP contribution < -0.4 is 16.3 Å². The first kappa shape index (κ1) is 18.4. The van der Waals surface area contributed by atoms with Crippen molar-refractivity contribution in [2.45, 2.75) is 0 Å². The van der Waals surface area contributed by atoms with Crippen molar-refractivity contribution < 1.29 is 9.59 Å². The van der Waals surface area contributed by atoms with Crippen LogP contribution in [0.15, 0.2) is 84.0 Å². The molecule has 0 saturated carbocycles. The zero-order valence-corrected chi connectivity index (χ0v) is 16.2. The molecule has 1 aliphatic rings. The smallest absolute Gasteiger partial charge is 0.341 e. The number of hydrogen-bond donors (Lipinski definition) is 3. The minimum atomic E-state index is -0.592. The monoisotopic (exact) mass is 411 g/mol. The number of nitrogens with one attached hydrogen (secondary N) is 3. The van der Waals surface area contributed by atoms with Crippen LogP contribution in [0.5, 0.6) is 0 Å². The lowest BCUT2D eigenvalue weighted by atomic mass is 10.1. The number of carbonyl (C=O) groups excluding carboxylic acids is 2. The Bertz CT molecular complexity index is 1380. The van der Waals surface area contributed by atoms with Gasteiger partial charge in [0, 0.05) is 35.5 Å². The first-order valence-corrected chi connectivity index (χ1v) is 9.58. The van der Waals surface area contributed by atoms with E-state index in [9.17, 15) is 14.4 Å². The van der Waals surface area contributed by atoms with Crippen LogP contribution in [0.1, 0.15) is 11.3 Å². The molecule has 2 aromatic carbocycles. The van der Waals surface area contributed by atoms with Gasteiger partial charge in [0.15, 0.2) is 0 Å². The molecule has 5 rings (SSSR count). The SMILES string of the molecule is O=C1Nc2cc(NC(=O)n3ccn(-c4ccccc4)c3=O)ccc2/C1=C/c1ccc[nH]1. The summed E-state index contributed by atoms with van der Waals surface area (Å²) in [5.74, 6) is -0.218. The molecule has 0 spiro atoms. The van der Waals surface area contributed by atoms with E-state index in [0.29, 0.717) is 22.6 Å². The van der Waals surface area contributed by atoms with E-state index in [-0.39, 0.29) is 5.91 Å². The summed E-state index contributed by atoms with van der Waals surface area (Å²) in [7, 11) is 0. The lowest BCUT2D eigenvalue weighted by Gasteiger charge is -2.07. The van der Waals surface area contributed by atoms with Crippen LogP contribution in [0.4, 0.5) is 16.2 Å². The molecule has 3 N–H and O–H groups in total. The largest absolute Gasteiger partial charge is 0.362 e. The summed E-state index contributed by atoms with van der Waals surface area (Å²) in [6, 6.07) is 17.3. The predicted molar refractivity (Wildman–Crippen MR) is 118 cm³/mol. The van der Waals surface area contributed by atoms with Crippen molar-refractivity contribution in [3.05, 3.63) is 101 Å². The molecule has 152 valence electrons. The van der Waals surface area contributed by atoms with Gasteiger partial charge in [-0.15, -0.1) is 0 Å². The fourth-order valence-corrected chi connectivity index (χ4v) is 3.51. The summed E-state index contributed by atoms with van der Waals surface area (Å²) in [6.07, 6.45) is 6.51. The number of amides is 2. The van der Waals surface area contributed by atoms with E-state index in [1.54, 1.807) is 42.6 Å². The van der Waals surface area contributed by atoms with Crippen LogP contribution in [0.2, 0.25) is 0 Å². The molecule has 0 fully saturated rings. The molecular weight excluding hydrogens is 394 g/mol. The number of carbonyl (C=O) groups is 2. The molecule has 0 radical (unpaired) electrons. The molecule has 0 aliphatic carbocycles. The quantitative estimate of drug-likeness (QED) is 0.450. The van der Waals surface area contributed by atoms with E-state index in [2.05, 4.69) is 15.6 Å². The molecule has 0 saturated heterocycles. The van der Waals surface area contributed by atoms with Gasteiger partial charge in [-0.25, -0.2) is 14.2 Å². The highest BCUT2D eigenvalue weighted by molar-refractivity contribution is 6.35. The third-order valence-corrected chi connectivity index (χ3v) is 5.01. The third-order valence-electron chi connectivity index (χ3n) is 5.01. The summed E-state index contributed by atoms with van der Waals surface area (Å²) in [5, 5.41) is 5.51. The highest BCUT2D eigenvalue weighted by atomic mass is 16.2. The number of aromatic nitrogens is 3. The van der Waals surface area contributed by atoms with E-state index in [4.69, 9.17) is 0 Å². The van der Waals surface area contributed by atoms with Crippen molar-refractivity contribution in [3.8, 4) is 5.69 Å². The highest BCUT2D eigenvalue weighted by Crippen LogP contribution is 2.34. The van der Waals surface area contributed by atoms with E-state index < -0.39 is 11.7 Å². The topological polar surface area (TPSA) is 101 Å². The summed E-state index contributed by atoms with van der Waals surface area (Å²) < 4.78 is 2.38. The Morgan fingerprint density at radius 2 is 1.81 bits per heavy atom. The second kappa shape index (κ2) is 7.34. The molecular formula is C23H17N5O3. The van der Waals surface area contributed by atoms with E-state index in [0.717, 1.165) is 15.8 Å². The van der Waals surface area contributed by atoms with Crippen LogP contribution in [0.25, 0.3) is 17.3 Å². The molecule has 2 aromatic heterocycles. The average Bonchev–Trinajstić information content (AvgIpc) is 3.49. The molecule has 8 nitrogen and oxygen atoms in total. The lowest BCUT2D eigenvalue weighted by Crippen LogP contribution is -2.31. The van der Waals surface area contributed by atoms with Crippen molar-refractivity contribution in [2.75, 3.05) is 10.6 Å². The van der Waals surface area contributed by atoms with Crippen LogP contribution >= 0.6 is 0 Å². The zero-order chi connectivity index (χ0) is 21.4. The Labute approximate surface area is 176 Å². The van der Waals surface area contributed by atoms with Gasteiger partial charge in [-0.05, 0) is 42.5 Å². The van der Waals surface area contributed by atoms with Gasteiger partial charge in [-0.3, -0.25) is 9.36 Å². The number of aromatic amines is 1. The molecule has 0 unspecified atom stereocenters. The van der Waals surface area contributed by atoms with E-state index in [1.165, 1.54) is 17.0 Å². The van der Waals surface area contributed by atoms with E-state index in [1.807, 2.05) is 30.3 Å². The second-order valence-electron chi connectivity index (χ2n) is 6.98. The van der Waals surface area contributed by atoms with Gasteiger partial charge in [0.2, 0.25) is 0 Å². The first-order valence-electron chi connectivity index (χ1n) is 9.58. The molecule has 8 heteroatoms. The third kappa shape index (κ3) is 3.36. The number of anilines is 2. The summed E-state index contributed by atoms with van der Waals surface area (Å²) in [4.78, 5) is 40.7. The summed E-state index contributed by atoms with van der Waals surface area (Å²) in [6.45, 7) is 0. The van der Waals surface area contributed by atoms with Gasteiger partial charge < -0.3 is 15.6 Å². The van der Waals surface area contributed by atoms with Crippen molar-refractivity contribution in [3.63, 3.8) is 0 Å². The molecule has 0 bridgehead atoms. The van der Waals surface area contributed by atoms with E-state index >= 15 is 0 Å². The predicted octanol–water partition coefficient (Wildman–Crippen LogP) is 3.54. The number of hydrogen-bond acceptors (Lipinski definition) is 3. The minimum Gasteiger partial charge on any atom is -0.362 e. The van der Waals surface area contributed by atoms with Gasteiger partial charge in [0.05, 0.1) is 16.9 Å². The Morgan fingerprint density at radius 3 is 2.58 bits per heavy atom. The van der Waals surface area contributed by atoms with Crippen molar-refractivity contribution in [1.82, 2.24) is 14.1 Å². The Balaban J connectivity index is 1.39. The molecule has 4 aromatic rings. The van der Waals surface area contributed by atoms with Gasteiger partial charge in [-0.1, -0.05) is 24.3 Å². The number of fused-ring (bicyclic) bond motifs is 1. The maximum Gasteiger partial charge on any atom is 0.341 e. The zero-order valence-electron chi connectivity index (χ0n) is 16.2. The number of H-pyrrole nitrogens is 1. The second-order valence-corrected chi connectivity index (χ2v) is 6.98. The lowest BCUT2D eigenvalue weighted by molar-refractivity contribution is -0.110. The number of imidazole rings is 1. The standard InChI is InChI=1S/C23H17N5O3/c29-21-19(13-15-5-4-10-24-15)18-9-8-16(14-20(18)26-21)25-22(30)28-12-11-27(23(28)31)17-6-2-1-3-7-17/h1-14,24H,(H,25,30)(H,26,29)/b19-13-. The molecule has 31 heavy (non-hydrogen) atoms. The average molecular weight is 411 g/mol. The maximum absolute atomic E-state index is 12.7. The van der Waals surface area contributed by atoms with Gasteiger partial charge >= 0.3 is 11.7 Å². The van der Waals surface area contributed by atoms with Crippen molar-refractivity contribution in [1.29, 1.82) is 0 Å². The number of nitrogens with zero attached hydrogens (tertiary/aromatic N) is 2. The summed E-state index contributed by atoms with van der Waals surface area (Å²) in [5.41, 5.74) is 3.34. The maximum atomic E-state index is 12.7. The number of para-hydroxylation sites is 1. The summed E-state index contributed by atoms with van der Waals surface area (Å²) >= 11 is 0. The Kier molecular flexibility index (Phi) is 4.37. The highest BCUT2D eigenvalue weighted by Gasteiger charge is 2.24. The van der Waals surface area contributed by atoms with Crippen molar-refractivity contribution in [2.24, 2.45) is 0 Å². The first-order chi connectivity index (χ1) is 15.1. The van der Waals surface area contributed by atoms with Crippen molar-refractivity contribution >= 4 is 35.0 Å². The van der Waals surface area contributed by atoms with Crippen LogP contribution in [-0.4, -0.2) is 26.1 Å². The van der Waals surface area contributed by atoms with Gasteiger partial charge in [0.25, 0.3) is 5.91 Å². The van der Waals surface area contributed by atoms with Gasteiger partial charge in [0.1, 0.15) is 0 Å². The molecule has 3 heterocycles. The van der Waals surface area contributed by atoms with Crippen LogP contribution in [0, 0.1) is 0 Å². The molecule has 1 aliphatic heterocycles. The number of rotatable bonds is 3. The Hall–Kier alpha value is -4.59. The fraction of sp³-hybridized carbons (Fsp3) is 0. The van der Waals surface area contributed by atoms with Crippen LogP contribution in [0.3, 0.4) is 0 Å². The normalized spacial score (nSPS) is 13.8. The molecule has 2 amide bonds. The Morgan fingerprint density at radius 1 is 0.968 bits per heavy atom. The van der Waals surface area contributed by atoms with Gasteiger partial charge in [-0.2, -0.15) is 0 Å².